The van der Waals surface area contributed by atoms with Gasteiger partial charge in [-0.05, 0) is 56.2 Å². The Morgan fingerprint density at radius 1 is 1.16 bits per heavy atom. The third-order valence-corrected chi connectivity index (χ3v) is 5.60. The Hall–Kier alpha value is -1.27. The maximum atomic E-state index is 12.2. The zero-order valence-electron chi connectivity index (χ0n) is 18.4. The summed E-state index contributed by atoms with van der Waals surface area (Å²) in [5, 5.41) is 3.34. The first-order chi connectivity index (χ1) is 14.9. The fourth-order valence-electron chi connectivity index (χ4n) is 3.93. The van der Waals surface area contributed by atoms with Gasteiger partial charge in [0.2, 0.25) is 0 Å². The first-order valence-corrected chi connectivity index (χ1v) is 11.0. The molecule has 0 radical (unpaired) electrons. The summed E-state index contributed by atoms with van der Waals surface area (Å²) in [7, 11) is 1.76. The number of nitrogens with one attached hydrogen (secondary N) is 1. The highest BCUT2D eigenvalue weighted by Crippen LogP contribution is 2.23. The van der Waals surface area contributed by atoms with Crippen molar-refractivity contribution >= 4 is 29.9 Å². The molecule has 1 N–H and O–H groups in total. The minimum atomic E-state index is -4.67. The van der Waals surface area contributed by atoms with Crippen molar-refractivity contribution in [1.82, 2.24) is 10.2 Å². The summed E-state index contributed by atoms with van der Waals surface area (Å²) in [6, 6.07) is 5.95. The number of likely N-dealkylation sites (tertiary alicyclic amines) is 1. The van der Waals surface area contributed by atoms with Crippen molar-refractivity contribution in [1.29, 1.82) is 0 Å². The number of aliphatic imine (C=N–C) groups is 1. The number of hydrogen-bond donors (Lipinski definition) is 1. The lowest BCUT2D eigenvalue weighted by Crippen LogP contribution is -2.47. The van der Waals surface area contributed by atoms with E-state index in [9.17, 15) is 13.2 Å². The van der Waals surface area contributed by atoms with Gasteiger partial charge in [-0.2, -0.15) is 0 Å². The predicted octanol–water partition coefficient (Wildman–Crippen LogP) is 4.37. The standard InChI is InChI=1S/C22H32F3N3O3.HI/c1-26-21(27-12-9-17-5-7-19(8-6-17)31-22(23,24)25)28-13-10-18(11-14-28)30-16-20-4-2-3-15-29-20;/h5-8,18,20H,2-4,9-16H2,1H3,(H,26,27);1H. The van der Waals surface area contributed by atoms with E-state index in [0.717, 1.165) is 56.9 Å². The number of halogens is 4. The molecule has 3 rings (SSSR count). The molecule has 2 saturated heterocycles. The van der Waals surface area contributed by atoms with Gasteiger partial charge in [0, 0.05) is 33.3 Å². The van der Waals surface area contributed by atoms with Crippen LogP contribution in [-0.4, -0.2) is 69.3 Å². The van der Waals surface area contributed by atoms with E-state index in [2.05, 4.69) is 19.9 Å². The Kier molecular flexibility index (Phi) is 11.3. The summed E-state index contributed by atoms with van der Waals surface area (Å²) < 4.78 is 52.4. The number of rotatable bonds is 7. The number of guanidine groups is 1. The minimum absolute atomic E-state index is 0. The van der Waals surface area contributed by atoms with Crippen LogP contribution >= 0.6 is 24.0 Å². The maximum absolute atomic E-state index is 12.2. The van der Waals surface area contributed by atoms with Gasteiger partial charge in [-0.15, -0.1) is 37.1 Å². The van der Waals surface area contributed by atoms with E-state index >= 15 is 0 Å². The quantitative estimate of drug-likeness (QED) is 0.300. The lowest BCUT2D eigenvalue weighted by atomic mass is 10.1. The van der Waals surface area contributed by atoms with Crippen LogP contribution in [0.15, 0.2) is 29.3 Å². The van der Waals surface area contributed by atoms with Crippen LogP contribution < -0.4 is 10.1 Å². The molecular formula is C22H33F3IN3O3. The van der Waals surface area contributed by atoms with E-state index in [1.165, 1.54) is 18.6 Å². The molecule has 0 bridgehead atoms. The van der Waals surface area contributed by atoms with Crippen molar-refractivity contribution in [3.63, 3.8) is 0 Å². The fourth-order valence-corrected chi connectivity index (χ4v) is 3.93. The van der Waals surface area contributed by atoms with Gasteiger partial charge in [-0.1, -0.05) is 12.1 Å². The average Bonchev–Trinajstić information content (AvgIpc) is 2.77. The molecule has 1 aromatic carbocycles. The molecule has 2 fully saturated rings. The molecule has 1 unspecified atom stereocenters. The van der Waals surface area contributed by atoms with Gasteiger partial charge in [0.1, 0.15) is 5.75 Å². The zero-order chi connectivity index (χ0) is 22.1. The van der Waals surface area contributed by atoms with Crippen molar-refractivity contribution in [2.24, 2.45) is 4.99 Å². The van der Waals surface area contributed by atoms with E-state index < -0.39 is 6.36 Å². The SMILES string of the molecule is CN=C(NCCc1ccc(OC(F)(F)F)cc1)N1CCC(OCC2CCCCO2)CC1.I. The number of nitrogens with zero attached hydrogens (tertiary/aromatic N) is 2. The molecule has 2 heterocycles. The Morgan fingerprint density at radius 3 is 2.47 bits per heavy atom. The average molecular weight is 571 g/mol. The van der Waals surface area contributed by atoms with Gasteiger partial charge in [-0.3, -0.25) is 4.99 Å². The van der Waals surface area contributed by atoms with Crippen molar-refractivity contribution < 1.29 is 27.4 Å². The smallest absolute Gasteiger partial charge is 0.406 e. The highest BCUT2D eigenvalue weighted by Gasteiger charge is 2.31. The van der Waals surface area contributed by atoms with Gasteiger partial charge < -0.3 is 24.4 Å². The molecule has 182 valence electrons. The van der Waals surface area contributed by atoms with Crippen LogP contribution in [0, 0.1) is 0 Å². The van der Waals surface area contributed by atoms with Crippen LogP contribution in [0.2, 0.25) is 0 Å². The topological polar surface area (TPSA) is 55.3 Å². The number of alkyl halides is 3. The molecule has 0 aliphatic carbocycles. The van der Waals surface area contributed by atoms with Crippen LogP contribution in [0.5, 0.6) is 5.75 Å². The van der Waals surface area contributed by atoms with Crippen LogP contribution in [0.25, 0.3) is 0 Å². The lowest BCUT2D eigenvalue weighted by Gasteiger charge is -2.35. The highest BCUT2D eigenvalue weighted by molar-refractivity contribution is 14.0. The predicted molar refractivity (Wildman–Crippen MR) is 128 cm³/mol. The molecule has 1 atom stereocenters. The second-order valence-corrected chi connectivity index (χ2v) is 7.92. The third kappa shape index (κ3) is 9.30. The first kappa shape index (κ1) is 27.0. The van der Waals surface area contributed by atoms with Gasteiger partial charge >= 0.3 is 6.36 Å². The van der Waals surface area contributed by atoms with Crippen LogP contribution in [-0.2, 0) is 15.9 Å². The molecule has 1 aromatic rings. The molecule has 2 aliphatic rings. The fraction of sp³-hybridized carbons (Fsp3) is 0.682. The Bertz CT molecular complexity index is 690. The Balaban J connectivity index is 0.00000363. The van der Waals surface area contributed by atoms with Crippen LogP contribution in [0.1, 0.15) is 37.7 Å². The number of benzene rings is 1. The molecule has 0 spiro atoms. The second kappa shape index (κ2) is 13.4. The molecular weight excluding hydrogens is 538 g/mol. The lowest BCUT2D eigenvalue weighted by molar-refractivity contribution is -0.274. The molecule has 32 heavy (non-hydrogen) atoms. The normalized spacial score (nSPS) is 20.6. The number of hydrogen-bond acceptors (Lipinski definition) is 4. The minimum Gasteiger partial charge on any atom is -0.406 e. The first-order valence-electron chi connectivity index (χ1n) is 11.0. The maximum Gasteiger partial charge on any atom is 0.573 e. The van der Waals surface area contributed by atoms with Crippen molar-refractivity contribution in [2.45, 2.75) is 57.1 Å². The summed E-state index contributed by atoms with van der Waals surface area (Å²) >= 11 is 0. The van der Waals surface area contributed by atoms with Crippen LogP contribution in [0.3, 0.4) is 0 Å². The molecule has 0 saturated carbocycles. The Morgan fingerprint density at radius 2 is 1.88 bits per heavy atom. The molecule has 6 nitrogen and oxygen atoms in total. The third-order valence-electron chi connectivity index (χ3n) is 5.60. The van der Waals surface area contributed by atoms with Crippen molar-refractivity contribution in [3.8, 4) is 5.75 Å². The second-order valence-electron chi connectivity index (χ2n) is 7.92. The van der Waals surface area contributed by atoms with Gasteiger partial charge in [0.15, 0.2) is 5.96 Å². The monoisotopic (exact) mass is 571 g/mol. The summed E-state index contributed by atoms with van der Waals surface area (Å²) in [6.45, 7) is 3.92. The van der Waals surface area contributed by atoms with Gasteiger partial charge in [-0.25, -0.2) is 0 Å². The van der Waals surface area contributed by atoms with E-state index in [0.29, 0.717) is 19.6 Å². The summed E-state index contributed by atoms with van der Waals surface area (Å²) in [5.41, 5.74) is 0.925. The van der Waals surface area contributed by atoms with Crippen molar-refractivity contribution in [2.75, 3.05) is 39.9 Å². The molecule has 0 aromatic heterocycles. The van der Waals surface area contributed by atoms with Crippen molar-refractivity contribution in [3.05, 3.63) is 29.8 Å². The van der Waals surface area contributed by atoms with Gasteiger partial charge in [0.05, 0.1) is 18.8 Å². The largest absolute Gasteiger partial charge is 0.573 e. The van der Waals surface area contributed by atoms with Gasteiger partial charge in [0.25, 0.3) is 0 Å². The summed E-state index contributed by atoms with van der Waals surface area (Å²) in [4.78, 5) is 6.59. The van der Waals surface area contributed by atoms with E-state index in [4.69, 9.17) is 9.47 Å². The molecule has 2 aliphatic heterocycles. The number of ether oxygens (including phenoxy) is 3. The summed E-state index contributed by atoms with van der Waals surface area (Å²) in [5.74, 6) is 0.631. The Labute approximate surface area is 204 Å². The molecule has 10 heteroatoms. The molecule has 0 amide bonds. The van der Waals surface area contributed by atoms with E-state index in [-0.39, 0.29) is 41.9 Å². The van der Waals surface area contributed by atoms with E-state index in [1.54, 1.807) is 19.2 Å². The number of piperidine rings is 1. The van der Waals surface area contributed by atoms with E-state index in [1.807, 2.05) is 0 Å². The zero-order valence-corrected chi connectivity index (χ0v) is 20.7. The highest BCUT2D eigenvalue weighted by atomic mass is 127. The van der Waals surface area contributed by atoms with Crippen LogP contribution in [0.4, 0.5) is 13.2 Å². The summed E-state index contributed by atoms with van der Waals surface area (Å²) in [6.07, 6.45) is 1.88.